The van der Waals surface area contributed by atoms with Gasteiger partial charge in [-0.1, -0.05) is 24.3 Å². The molecule has 0 spiro atoms. The monoisotopic (exact) mass is 313 g/mol. The number of benzene rings is 2. The van der Waals surface area contributed by atoms with Crippen LogP contribution in [0.25, 0.3) is 0 Å². The van der Waals surface area contributed by atoms with Gasteiger partial charge in [-0.15, -0.1) is 11.6 Å². The van der Waals surface area contributed by atoms with Gasteiger partial charge in [-0.3, -0.25) is 4.31 Å². The third kappa shape index (κ3) is 2.78. The van der Waals surface area contributed by atoms with Gasteiger partial charge in [-0.25, -0.2) is 12.8 Å². The molecule has 6 heteroatoms. The van der Waals surface area contributed by atoms with E-state index in [0.29, 0.717) is 5.56 Å². The number of alkyl halides is 1. The summed E-state index contributed by atoms with van der Waals surface area (Å²) in [6.07, 6.45) is 0. The third-order valence-corrected chi connectivity index (χ3v) is 5.10. The van der Waals surface area contributed by atoms with Crippen LogP contribution >= 0.6 is 11.6 Å². The van der Waals surface area contributed by atoms with E-state index in [1.165, 1.54) is 37.4 Å². The van der Waals surface area contributed by atoms with Crippen LogP contribution in [0.3, 0.4) is 0 Å². The van der Waals surface area contributed by atoms with Gasteiger partial charge < -0.3 is 0 Å². The zero-order valence-electron chi connectivity index (χ0n) is 10.8. The van der Waals surface area contributed by atoms with Crippen molar-refractivity contribution in [2.24, 2.45) is 0 Å². The Labute approximate surface area is 122 Å². The van der Waals surface area contributed by atoms with E-state index in [1.54, 1.807) is 18.2 Å². The van der Waals surface area contributed by atoms with Crippen molar-refractivity contribution in [2.45, 2.75) is 10.8 Å². The van der Waals surface area contributed by atoms with Gasteiger partial charge in [0.25, 0.3) is 10.0 Å². The minimum atomic E-state index is -3.77. The van der Waals surface area contributed by atoms with Gasteiger partial charge in [0, 0.05) is 12.9 Å². The quantitative estimate of drug-likeness (QED) is 0.811. The molecular weight excluding hydrogens is 301 g/mol. The first-order chi connectivity index (χ1) is 9.46. The van der Waals surface area contributed by atoms with Crippen molar-refractivity contribution in [1.29, 1.82) is 0 Å². The Morgan fingerprint density at radius 1 is 1.15 bits per heavy atom. The Hall–Kier alpha value is -1.59. The molecule has 0 atom stereocenters. The molecule has 0 unspecified atom stereocenters. The molecule has 0 saturated heterocycles. The van der Waals surface area contributed by atoms with Gasteiger partial charge in [-0.05, 0) is 29.8 Å². The number of hydrogen-bond acceptors (Lipinski definition) is 2. The molecule has 2 aromatic carbocycles. The predicted octanol–water partition coefficient (Wildman–Crippen LogP) is 3.39. The van der Waals surface area contributed by atoms with Gasteiger partial charge in [-0.2, -0.15) is 0 Å². The van der Waals surface area contributed by atoms with E-state index in [2.05, 4.69) is 0 Å². The van der Waals surface area contributed by atoms with Crippen molar-refractivity contribution in [3.63, 3.8) is 0 Å². The SMILES string of the molecule is CN(c1cccc(F)c1)S(=O)(=O)c1ccccc1CCl. The van der Waals surface area contributed by atoms with Crippen LogP contribution in [-0.2, 0) is 15.9 Å². The van der Waals surface area contributed by atoms with E-state index in [4.69, 9.17) is 11.6 Å². The van der Waals surface area contributed by atoms with Crippen molar-refractivity contribution in [1.82, 2.24) is 0 Å². The topological polar surface area (TPSA) is 37.4 Å². The van der Waals surface area contributed by atoms with Gasteiger partial charge in [0.2, 0.25) is 0 Å². The standard InChI is InChI=1S/C14H13ClFNO2S/c1-17(13-7-4-6-12(16)9-13)20(18,19)14-8-3-2-5-11(14)10-15/h2-9H,10H2,1H3. The summed E-state index contributed by atoms with van der Waals surface area (Å²) < 4.78 is 39.4. The normalized spacial score (nSPS) is 11.3. The molecule has 20 heavy (non-hydrogen) atoms. The number of sulfonamides is 1. The summed E-state index contributed by atoms with van der Waals surface area (Å²) in [5.41, 5.74) is 0.770. The highest BCUT2D eigenvalue weighted by atomic mass is 35.5. The molecule has 0 N–H and O–H groups in total. The summed E-state index contributed by atoms with van der Waals surface area (Å²) >= 11 is 5.77. The molecule has 0 aliphatic carbocycles. The average Bonchev–Trinajstić information content (AvgIpc) is 2.46. The second-order valence-corrected chi connectivity index (χ2v) is 6.40. The molecule has 0 saturated carbocycles. The van der Waals surface area contributed by atoms with Crippen LogP contribution in [0, 0.1) is 5.82 Å². The number of hydrogen-bond donors (Lipinski definition) is 0. The molecular formula is C14H13ClFNO2S. The fourth-order valence-corrected chi connectivity index (χ4v) is 3.54. The number of halogens is 2. The maximum Gasteiger partial charge on any atom is 0.264 e. The van der Waals surface area contributed by atoms with E-state index >= 15 is 0 Å². The molecule has 106 valence electrons. The van der Waals surface area contributed by atoms with Crippen molar-refractivity contribution in [3.8, 4) is 0 Å². The molecule has 0 radical (unpaired) electrons. The summed E-state index contributed by atoms with van der Waals surface area (Å²) in [6, 6.07) is 11.9. The molecule has 0 amide bonds. The molecule has 0 aliphatic heterocycles. The Balaban J connectivity index is 2.50. The van der Waals surface area contributed by atoms with Crippen molar-refractivity contribution in [2.75, 3.05) is 11.4 Å². The predicted molar refractivity (Wildman–Crippen MR) is 78.0 cm³/mol. The van der Waals surface area contributed by atoms with E-state index in [-0.39, 0.29) is 16.5 Å². The zero-order valence-corrected chi connectivity index (χ0v) is 12.3. The Bertz CT molecular complexity index is 719. The van der Waals surface area contributed by atoms with Crippen molar-refractivity contribution in [3.05, 3.63) is 59.9 Å². The first-order valence-corrected chi connectivity index (χ1v) is 7.82. The van der Waals surface area contributed by atoms with Crippen LogP contribution < -0.4 is 4.31 Å². The van der Waals surface area contributed by atoms with Crippen LogP contribution in [0.1, 0.15) is 5.56 Å². The largest absolute Gasteiger partial charge is 0.269 e. The first kappa shape index (κ1) is 14.8. The second-order valence-electron chi connectivity index (χ2n) is 4.19. The van der Waals surface area contributed by atoms with Crippen LogP contribution in [0.2, 0.25) is 0 Å². The van der Waals surface area contributed by atoms with E-state index in [9.17, 15) is 12.8 Å². The summed E-state index contributed by atoms with van der Waals surface area (Å²) in [5, 5.41) is 0. The minimum absolute atomic E-state index is 0.0897. The fourth-order valence-electron chi connectivity index (χ4n) is 1.82. The van der Waals surface area contributed by atoms with Crippen LogP contribution in [0.5, 0.6) is 0 Å². The molecule has 0 bridgehead atoms. The van der Waals surface area contributed by atoms with Crippen molar-refractivity contribution < 1.29 is 12.8 Å². The zero-order chi connectivity index (χ0) is 14.8. The van der Waals surface area contributed by atoms with Crippen molar-refractivity contribution >= 4 is 27.3 Å². The van der Waals surface area contributed by atoms with E-state index in [1.807, 2.05) is 0 Å². The first-order valence-electron chi connectivity index (χ1n) is 5.85. The van der Waals surface area contributed by atoms with Gasteiger partial charge in [0.15, 0.2) is 0 Å². The Morgan fingerprint density at radius 3 is 2.50 bits per heavy atom. The summed E-state index contributed by atoms with van der Waals surface area (Å²) in [6.45, 7) is 0. The summed E-state index contributed by atoms with van der Waals surface area (Å²) in [5.74, 6) is -0.401. The van der Waals surface area contributed by atoms with Gasteiger partial charge in [0.1, 0.15) is 5.82 Å². The number of rotatable bonds is 4. The smallest absolute Gasteiger partial charge is 0.264 e. The maximum atomic E-state index is 13.2. The molecule has 2 aromatic rings. The van der Waals surface area contributed by atoms with E-state index < -0.39 is 15.8 Å². The average molecular weight is 314 g/mol. The van der Waals surface area contributed by atoms with Crippen LogP contribution in [0.4, 0.5) is 10.1 Å². The molecule has 0 aliphatic rings. The lowest BCUT2D eigenvalue weighted by molar-refractivity contribution is 0.593. The summed E-state index contributed by atoms with van der Waals surface area (Å²) in [4.78, 5) is 0.127. The third-order valence-electron chi connectivity index (χ3n) is 2.93. The molecule has 3 nitrogen and oxygen atoms in total. The van der Waals surface area contributed by atoms with E-state index in [0.717, 1.165) is 4.31 Å². The molecule has 2 rings (SSSR count). The lowest BCUT2D eigenvalue weighted by atomic mass is 10.2. The summed E-state index contributed by atoms with van der Waals surface area (Å²) in [7, 11) is -2.39. The maximum absolute atomic E-state index is 13.2. The van der Waals surface area contributed by atoms with Crippen LogP contribution in [-0.4, -0.2) is 15.5 Å². The lowest BCUT2D eigenvalue weighted by Crippen LogP contribution is -2.27. The molecule has 0 aromatic heterocycles. The van der Waals surface area contributed by atoms with Gasteiger partial charge in [0.05, 0.1) is 10.6 Å². The number of anilines is 1. The van der Waals surface area contributed by atoms with Crippen LogP contribution in [0.15, 0.2) is 53.4 Å². The Kier molecular flexibility index (Phi) is 4.30. The molecule has 0 fully saturated rings. The highest BCUT2D eigenvalue weighted by molar-refractivity contribution is 7.92. The lowest BCUT2D eigenvalue weighted by Gasteiger charge is -2.20. The highest BCUT2D eigenvalue weighted by Crippen LogP contribution is 2.25. The van der Waals surface area contributed by atoms with Gasteiger partial charge >= 0.3 is 0 Å². The highest BCUT2D eigenvalue weighted by Gasteiger charge is 2.23. The Morgan fingerprint density at radius 2 is 1.85 bits per heavy atom. The minimum Gasteiger partial charge on any atom is -0.269 e. The number of nitrogens with zero attached hydrogens (tertiary/aromatic N) is 1. The fraction of sp³-hybridized carbons (Fsp3) is 0.143. The molecule has 0 heterocycles. The second kappa shape index (κ2) is 5.81.